The van der Waals surface area contributed by atoms with Crippen molar-refractivity contribution in [2.75, 3.05) is 26.2 Å². The summed E-state index contributed by atoms with van der Waals surface area (Å²) in [5, 5.41) is 1.18. The molecule has 136 valence electrons. The predicted octanol–water partition coefficient (Wildman–Crippen LogP) is 1.98. The van der Waals surface area contributed by atoms with Crippen molar-refractivity contribution in [3.8, 4) is 0 Å². The molecule has 2 heterocycles. The number of benzene rings is 1. The van der Waals surface area contributed by atoms with Crippen LogP contribution >= 0.6 is 0 Å². The van der Waals surface area contributed by atoms with Crippen LogP contribution in [-0.4, -0.2) is 54.7 Å². The molecule has 1 aromatic carbocycles. The molecule has 0 saturated carbocycles. The van der Waals surface area contributed by atoms with E-state index in [1.165, 1.54) is 26.9 Å². The van der Waals surface area contributed by atoms with Gasteiger partial charge in [-0.2, -0.15) is 8.70 Å². The smallest absolute Gasteiger partial charge is 0.254 e. The first-order valence-corrected chi connectivity index (χ1v) is 9.60. The molecule has 0 unspecified atom stereocenters. The van der Waals surface area contributed by atoms with Gasteiger partial charge in [0, 0.05) is 49.4 Å². The number of carbonyl (C=O) groups excluding carboxylic acids is 1. The van der Waals surface area contributed by atoms with Gasteiger partial charge in [-0.05, 0) is 17.7 Å². The highest BCUT2D eigenvalue weighted by molar-refractivity contribution is 7.92. The number of pyridine rings is 1. The molecular formula is C18H18FN3O3S. The Morgan fingerprint density at radius 1 is 1.08 bits per heavy atom. The summed E-state index contributed by atoms with van der Waals surface area (Å²) in [6, 6.07) is 11.7. The average Bonchev–Trinajstić information content (AvgIpc) is 2.67. The maximum Gasteiger partial charge on any atom is 0.254 e. The first-order valence-electron chi connectivity index (χ1n) is 8.10. The number of hydrogen-bond donors (Lipinski definition) is 0. The van der Waals surface area contributed by atoms with E-state index in [1.807, 2.05) is 30.3 Å². The zero-order valence-corrected chi connectivity index (χ0v) is 14.8. The molecule has 6 nitrogen and oxygen atoms in total. The van der Waals surface area contributed by atoms with E-state index in [0.717, 1.165) is 11.6 Å². The highest BCUT2D eigenvalue weighted by Crippen LogP contribution is 2.14. The zero-order chi connectivity index (χ0) is 18.6. The van der Waals surface area contributed by atoms with Crippen LogP contribution in [0.4, 0.5) is 4.39 Å². The minimum atomic E-state index is -3.56. The SMILES string of the molecule is O=C(c1ccnc(F)c1)N1CCN(S(=O)(=O)/C=C/c2ccccc2)CC1. The molecule has 8 heteroatoms. The Bertz CT molecular complexity index is 908. The number of nitrogens with zero attached hydrogens (tertiary/aromatic N) is 3. The maximum atomic E-state index is 13.2. The standard InChI is InChI=1S/C18H18FN3O3S/c19-17-14-16(6-8-20-17)18(23)21-9-11-22(12-10-21)26(24,25)13-7-15-4-2-1-3-5-15/h1-8,13-14H,9-12H2/b13-7+. The lowest BCUT2D eigenvalue weighted by Crippen LogP contribution is -2.50. The van der Waals surface area contributed by atoms with Crippen LogP contribution in [0.25, 0.3) is 6.08 Å². The van der Waals surface area contributed by atoms with Crippen molar-refractivity contribution in [1.82, 2.24) is 14.2 Å². The Balaban J connectivity index is 1.62. The van der Waals surface area contributed by atoms with Crippen LogP contribution in [0.3, 0.4) is 0 Å². The third-order valence-electron chi connectivity index (χ3n) is 4.09. The number of sulfonamides is 1. The Kier molecular flexibility index (Phi) is 5.43. The second kappa shape index (κ2) is 7.76. The van der Waals surface area contributed by atoms with Gasteiger partial charge in [0.15, 0.2) is 0 Å². The molecule has 1 aliphatic rings. The van der Waals surface area contributed by atoms with E-state index in [1.54, 1.807) is 6.08 Å². The lowest BCUT2D eigenvalue weighted by atomic mass is 10.2. The van der Waals surface area contributed by atoms with Gasteiger partial charge < -0.3 is 4.90 Å². The summed E-state index contributed by atoms with van der Waals surface area (Å²) in [4.78, 5) is 17.3. The molecular weight excluding hydrogens is 357 g/mol. The van der Waals surface area contributed by atoms with Gasteiger partial charge in [0.1, 0.15) is 0 Å². The topological polar surface area (TPSA) is 70.6 Å². The minimum Gasteiger partial charge on any atom is -0.336 e. The third kappa shape index (κ3) is 4.33. The quantitative estimate of drug-likeness (QED) is 0.766. The van der Waals surface area contributed by atoms with Crippen LogP contribution < -0.4 is 0 Å². The van der Waals surface area contributed by atoms with Crippen molar-refractivity contribution < 1.29 is 17.6 Å². The lowest BCUT2D eigenvalue weighted by molar-refractivity contribution is 0.0698. The van der Waals surface area contributed by atoms with E-state index in [-0.39, 0.29) is 37.6 Å². The van der Waals surface area contributed by atoms with Crippen LogP contribution in [-0.2, 0) is 10.0 Å². The van der Waals surface area contributed by atoms with Crippen molar-refractivity contribution in [1.29, 1.82) is 0 Å². The maximum absolute atomic E-state index is 13.2. The summed E-state index contributed by atoms with van der Waals surface area (Å²) in [5.74, 6) is -1.05. The second-order valence-corrected chi connectivity index (χ2v) is 7.64. The van der Waals surface area contributed by atoms with Crippen LogP contribution in [0, 0.1) is 5.95 Å². The molecule has 1 amide bonds. The van der Waals surface area contributed by atoms with Crippen LogP contribution in [0.2, 0.25) is 0 Å². The second-order valence-electron chi connectivity index (χ2n) is 5.82. The van der Waals surface area contributed by atoms with Crippen molar-refractivity contribution in [2.45, 2.75) is 0 Å². The Morgan fingerprint density at radius 2 is 1.77 bits per heavy atom. The third-order valence-corrected chi connectivity index (χ3v) is 5.66. The van der Waals surface area contributed by atoms with Crippen molar-refractivity contribution in [3.63, 3.8) is 0 Å². The van der Waals surface area contributed by atoms with Crippen LogP contribution in [0.15, 0.2) is 54.1 Å². The fourth-order valence-electron chi connectivity index (χ4n) is 2.68. The summed E-state index contributed by atoms with van der Waals surface area (Å²) in [6.07, 6.45) is 2.78. The molecule has 1 aliphatic heterocycles. The number of amides is 1. The Labute approximate surface area is 151 Å². The van der Waals surface area contributed by atoms with Gasteiger partial charge in [-0.15, -0.1) is 0 Å². The Morgan fingerprint density at radius 3 is 2.42 bits per heavy atom. The van der Waals surface area contributed by atoms with Crippen molar-refractivity contribution in [3.05, 3.63) is 71.1 Å². The van der Waals surface area contributed by atoms with Crippen molar-refractivity contribution in [2.24, 2.45) is 0 Å². The summed E-state index contributed by atoms with van der Waals surface area (Å²) >= 11 is 0. The molecule has 0 spiro atoms. The van der Waals surface area contributed by atoms with E-state index in [0.29, 0.717) is 0 Å². The van der Waals surface area contributed by atoms with Gasteiger partial charge in [-0.25, -0.2) is 13.4 Å². The predicted molar refractivity (Wildman–Crippen MR) is 96.1 cm³/mol. The molecule has 0 atom stereocenters. The van der Waals surface area contributed by atoms with E-state index in [9.17, 15) is 17.6 Å². The fraction of sp³-hybridized carbons (Fsp3) is 0.222. The number of aromatic nitrogens is 1. The van der Waals surface area contributed by atoms with Gasteiger partial charge in [0.25, 0.3) is 5.91 Å². The molecule has 0 aliphatic carbocycles. The molecule has 0 radical (unpaired) electrons. The molecule has 0 N–H and O–H groups in total. The molecule has 3 rings (SSSR count). The zero-order valence-electron chi connectivity index (χ0n) is 14.0. The van der Waals surface area contributed by atoms with Gasteiger partial charge in [-0.3, -0.25) is 4.79 Å². The molecule has 1 fully saturated rings. The number of piperazine rings is 1. The lowest BCUT2D eigenvalue weighted by Gasteiger charge is -2.33. The van der Waals surface area contributed by atoms with Crippen molar-refractivity contribution >= 4 is 22.0 Å². The summed E-state index contributed by atoms with van der Waals surface area (Å²) < 4.78 is 39.4. The highest BCUT2D eigenvalue weighted by Gasteiger charge is 2.27. The Hall–Kier alpha value is -2.58. The van der Waals surface area contributed by atoms with Gasteiger partial charge in [-0.1, -0.05) is 30.3 Å². The molecule has 1 aromatic heterocycles. The number of rotatable bonds is 4. The summed E-state index contributed by atoms with van der Waals surface area (Å²) in [6.45, 7) is 0.893. The highest BCUT2D eigenvalue weighted by atomic mass is 32.2. The first kappa shape index (κ1) is 18.2. The van der Waals surface area contributed by atoms with Crippen LogP contribution in [0.5, 0.6) is 0 Å². The summed E-state index contributed by atoms with van der Waals surface area (Å²) in [5.41, 5.74) is 1.00. The molecule has 1 saturated heterocycles. The fourth-order valence-corrected chi connectivity index (χ4v) is 3.85. The van der Waals surface area contributed by atoms with E-state index >= 15 is 0 Å². The van der Waals surface area contributed by atoms with Crippen LogP contribution in [0.1, 0.15) is 15.9 Å². The number of carbonyl (C=O) groups is 1. The van der Waals surface area contributed by atoms with E-state index in [2.05, 4.69) is 4.98 Å². The van der Waals surface area contributed by atoms with Gasteiger partial charge in [0.2, 0.25) is 16.0 Å². The normalized spacial score (nSPS) is 16.1. The number of hydrogen-bond acceptors (Lipinski definition) is 4. The summed E-state index contributed by atoms with van der Waals surface area (Å²) in [7, 11) is -3.56. The largest absolute Gasteiger partial charge is 0.336 e. The minimum absolute atomic E-state index is 0.195. The molecule has 26 heavy (non-hydrogen) atoms. The van der Waals surface area contributed by atoms with E-state index in [4.69, 9.17) is 0 Å². The monoisotopic (exact) mass is 375 g/mol. The molecule has 0 bridgehead atoms. The van der Waals surface area contributed by atoms with Gasteiger partial charge >= 0.3 is 0 Å². The van der Waals surface area contributed by atoms with Gasteiger partial charge in [0.05, 0.1) is 0 Å². The average molecular weight is 375 g/mol. The molecule has 2 aromatic rings. The first-order chi connectivity index (χ1) is 12.5. The van der Waals surface area contributed by atoms with E-state index < -0.39 is 16.0 Å². The number of halogens is 1.